The van der Waals surface area contributed by atoms with Crippen molar-refractivity contribution in [2.24, 2.45) is 0 Å². The van der Waals surface area contributed by atoms with Crippen LogP contribution in [-0.2, 0) is 13.0 Å². The van der Waals surface area contributed by atoms with E-state index in [1.54, 1.807) is 23.7 Å². The van der Waals surface area contributed by atoms with Crippen LogP contribution in [0.25, 0.3) is 22.0 Å². The van der Waals surface area contributed by atoms with Crippen molar-refractivity contribution in [3.8, 4) is 22.0 Å². The van der Waals surface area contributed by atoms with Crippen molar-refractivity contribution in [2.75, 3.05) is 0 Å². The van der Waals surface area contributed by atoms with E-state index in [2.05, 4.69) is 45.1 Å². The molecule has 34 heavy (non-hydrogen) atoms. The molecule has 4 heterocycles. The Bertz CT molecular complexity index is 1290. The fourth-order valence-corrected chi connectivity index (χ4v) is 5.60. The van der Waals surface area contributed by atoms with Crippen LogP contribution in [0.15, 0.2) is 54.3 Å². The molecule has 174 valence electrons. The predicted molar refractivity (Wildman–Crippen MR) is 136 cm³/mol. The molecule has 0 radical (unpaired) electrons. The molecule has 0 saturated heterocycles. The van der Waals surface area contributed by atoms with Crippen LogP contribution in [0.3, 0.4) is 0 Å². The molecule has 0 bridgehead atoms. The molecule has 1 saturated carbocycles. The van der Waals surface area contributed by atoms with E-state index in [1.807, 2.05) is 30.5 Å². The van der Waals surface area contributed by atoms with Crippen LogP contribution in [0.4, 0.5) is 0 Å². The lowest BCUT2D eigenvalue weighted by Crippen LogP contribution is -2.23. The first-order chi connectivity index (χ1) is 16.6. The van der Waals surface area contributed by atoms with E-state index in [0.717, 1.165) is 63.7 Å². The van der Waals surface area contributed by atoms with Gasteiger partial charge in [0.25, 0.3) is 5.91 Å². The number of carbonyl (C=O) groups excluding carboxylic acids is 1. The quantitative estimate of drug-likeness (QED) is 0.360. The largest absolute Gasteiger partial charge is 0.348 e. The third-order valence-electron chi connectivity index (χ3n) is 6.59. The molecular weight excluding hydrogens is 442 g/mol. The zero-order chi connectivity index (χ0) is 23.5. The molecule has 7 heteroatoms. The molecule has 1 aliphatic carbocycles. The summed E-state index contributed by atoms with van der Waals surface area (Å²) in [5.41, 5.74) is 6.83. The van der Waals surface area contributed by atoms with E-state index >= 15 is 0 Å². The summed E-state index contributed by atoms with van der Waals surface area (Å²) in [5.74, 6) is -0.0588. The summed E-state index contributed by atoms with van der Waals surface area (Å²) in [5, 5.41) is 6.15. The first-order valence-electron chi connectivity index (χ1n) is 11.9. The van der Waals surface area contributed by atoms with Gasteiger partial charge in [-0.2, -0.15) is 0 Å². The van der Waals surface area contributed by atoms with E-state index in [-0.39, 0.29) is 5.91 Å². The van der Waals surface area contributed by atoms with Gasteiger partial charge in [-0.1, -0.05) is 25.8 Å². The van der Waals surface area contributed by atoms with Crippen molar-refractivity contribution in [3.63, 3.8) is 0 Å². The molecule has 1 amide bonds. The number of rotatable bonds is 7. The van der Waals surface area contributed by atoms with Crippen LogP contribution in [0.1, 0.15) is 66.0 Å². The second-order valence-electron chi connectivity index (χ2n) is 8.81. The minimum atomic E-state index is -0.0588. The molecule has 4 aromatic rings. The summed E-state index contributed by atoms with van der Waals surface area (Å²) in [4.78, 5) is 26.7. The van der Waals surface area contributed by atoms with Crippen molar-refractivity contribution >= 4 is 17.2 Å². The Hall–Kier alpha value is -3.32. The highest BCUT2D eigenvalue weighted by molar-refractivity contribution is 7.13. The molecule has 0 aromatic carbocycles. The number of thiazole rings is 1. The molecule has 4 aromatic heterocycles. The Morgan fingerprint density at radius 3 is 2.82 bits per heavy atom. The SMILES string of the molecule is CCc1cc(-c2nc(-c3cc(C(=O)NCc4cccnc4)c(C)n3C3CCCC3)cs2)ccn1. The number of nitrogens with one attached hydrogen (secondary N) is 1. The first kappa shape index (κ1) is 22.5. The molecule has 0 spiro atoms. The van der Waals surface area contributed by atoms with E-state index in [9.17, 15) is 4.79 Å². The summed E-state index contributed by atoms with van der Waals surface area (Å²) >= 11 is 1.64. The lowest BCUT2D eigenvalue weighted by Gasteiger charge is -2.18. The lowest BCUT2D eigenvalue weighted by atomic mass is 10.2. The highest BCUT2D eigenvalue weighted by atomic mass is 32.1. The molecular formula is C27H29N5OS. The summed E-state index contributed by atoms with van der Waals surface area (Å²) in [6.07, 6.45) is 11.0. The zero-order valence-electron chi connectivity index (χ0n) is 19.6. The fourth-order valence-electron chi connectivity index (χ4n) is 4.79. The molecule has 5 rings (SSSR count). The van der Waals surface area contributed by atoms with Crippen LogP contribution >= 0.6 is 11.3 Å². The van der Waals surface area contributed by atoms with Gasteiger partial charge >= 0.3 is 0 Å². The number of amides is 1. The van der Waals surface area contributed by atoms with Crippen LogP contribution in [0, 0.1) is 6.92 Å². The van der Waals surface area contributed by atoms with Gasteiger partial charge in [-0.3, -0.25) is 14.8 Å². The molecule has 0 atom stereocenters. The lowest BCUT2D eigenvalue weighted by molar-refractivity contribution is 0.0950. The van der Waals surface area contributed by atoms with Gasteiger partial charge in [0.15, 0.2) is 0 Å². The van der Waals surface area contributed by atoms with E-state index in [0.29, 0.717) is 12.6 Å². The highest BCUT2D eigenvalue weighted by Crippen LogP contribution is 2.38. The highest BCUT2D eigenvalue weighted by Gasteiger charge is 2.26. The summed E-state index contributed by atoms with van der Waals surface area (Å²) in [7, 11) is 0. The Morgan fingerprint density at radius 1 is 1.21 bits per heavy atom. The third-order valence-corrected chi connectivity index (χ3v) is 7.49. The van der Waals surface area contributed by atoms with Gasteiger partial charge in [-0.05, 0) is 56.0 Å². The maximum Gasteiger partial charge on any atom is 0.253 e. The Morgan fingerprint density at radius 2 is 2.06 bits per heavy atom. The number of aromatic nitrogens is 4. The Kier molecular flexibility index (Phi) is 6.54. The third kappa shape index (κ3) is 4.53. The molecule has 1 fully saturated rings. The molecule has 0 aliphatic heterocycles. The van der Waals surface area contributed by atoms with Gasteiger partial charge in [0.05, 0.1) is 17.0 Å². The number of hydrogen-bond acceptors (Lipinski definition) is 5. The molecule has 6 nitrogen and oxygen atoms in total. The van der Waals surface area contributed by atoms with Gasteiger partial charge in [0, 0.05) is 53.5 Å². The van der Waals surface area contributed by atoms with Crippen molar-refractivity contribution in [3.05, 3.63) is 76.8 Å². The number of carbonyl (C=O) groups is 1. The van der Waals surface area contributed by atoms with Crippen LogP contribution in [-0.4, -0.2) is 25.4 Å². The van der Waals surface area contributed by atoms with Gasteiger partial charge in [-0.15, -0.1) is 11.3 Å². The average molecular weight is 472 g/mol. The topological polar surface area (TPSA) is 72.7 Å². The number of pyridine rings is 2. The predicted octanol–water partition coefficient (Wildman–Crippen LogP) is 5.98. The summed E-state index contributed by atoms with van der Waals surface area (Å²) < 4.78 is 2.36. The summed E-state index contributed by atoms with van der Waals surface area (Å²) in [6.45, 7) is 4.63. The van der Waals surface area contributed by atoms with Crippen molar-refractivity contribution in [1.29, 1.82) is 0 Å². The maximum atomic E-state index is 13.2. The second kappa shape index (κ2) is 9.89. The average Bonchev–Trinajstić information content (AvgIpc) is 3.63. The minimum absolute atomic E-state index is 0.0588. The maximum absolute atomic E-state index is 13.2. The van der Waals surface area contributed by atoms with E-state index in [1.165, 1.54) is 12.8 Å². The van der Waals surface area contributed by atoms with Crippen molar-refractivity contribution < 1.29 is 4.79 Å². The molecule has 1 N–H and O–H groups in total. The Labute approximate surface area is 204 Å². The smallest absolute Gasteiger partial charge is 0.253 e. The first-order valence-corrected chi connectivity index (χ1v) is 12.8. The standard InChI is InChI=1S/C27H29N5OS/c1-3-21-13-20(10-12-29-21)27-31-24(17-34-27)25-14-23(18(2)32(25)22-8-4-5-9-22)26(33)30-16-19-7-6-11-28-15-19/h6-7,10-15,17,22H,3-5,8-9,16H2,1-2H3,(H,30,33). The zero-order valence-corrected chi connectivity index (χ0v) is 20.4. The van der Waals surface area contributed by atoms with Gasteiger partial charge in [-0.25, -0.2) is 4.98 Å². The second-order valence-corrected chi connectivity index (χ2v) is 9.67. The Balaban J connectivity index is 1.48. The van der Waals surface area contributed by atoms with E-state index in [4.69, 9.17) is 4.98 Å². The molecule has 1 aliphatic rings. The van der Waals surface area contributed by atoms with Crippen molar-refractivity contribution in [2.45, 2.75) is 58.5 Å². The van der Waals surface area contributed by atoms with Gasteiger partial charge < -0.3 is 9.88 Å². The minimum Gasteiger partial charge on any atom is -0.348 e. The van der Waals surface area contributed by atoms with Crippen LogP contribution in [0.2, 0.25) is 0 Å². The fraction of sp³-hybridized carbons (Fsp3) is 0.333. The monoisotopic (exact) mass is 471 g/mol. The number of nitrogens with zero attached hydrogens (tertiary/aromatic N) is 4. The van der Waals surface area contributed by atoms with Gasteiger partial charge in [0.2, 0.25) is 0 Å². The summed E-state index contributed by atoms with van der Waals surface area (Å²) in [6, 6.07) is 10.4. The normalized spacial score (nSPS) is 13.9. The van der Waals surface area contributed by atoms with Crippen LogP contribution in [0.5, 0.6) is 0 Å². The van der Waals surface area contributed by atoms with Crippen molar-refractivity contribution in [1.82, 2.24) is 24.8 Å². The van der Waals surface area contributed by atoms with Gasteiger partial charge in [0.1, 0.15) is 5.01 Å². The van der Waals surface area contributed by atoms with Crippen LogP contribution < -0.4 is 5.32 Å². The molecule has 0 unspecified atom stereocenters. The van der Waals surface area contributed by atoms with E-state index < -0.39 is 0 Å². The number of aryl methyl sites for hydroxylation is 1. The number of hydrogen-bond donors (Lipinski definition) is 1.